The largest absolute Gasteiger partial charge is 0.311 e. The second-order valence-electron chi connectivity index (χ2n) is 5.21. The van der Waals surface area contributed by atoms with E-state index < -0.39 is 0 Å². The van der Waals surface area contributed by atoms with Gasteiger partial charge < -0.3 is 5.32 Å². The van der Waals surface area contributed by atoms with Crippen molar-refractivity contribution in [3.05, 3.63) is 34.9 Å². The average Bonchev–Trinajstić information content (AvgIpc) is 2.12. The molecule has 1 N–H and O–H groups in total. The maximum absolute atomic E-state index is 6.01. The summed E-state index contributed by atoms with van der Waals surface area (Å²) in [4.78, 5) is 0. The molecule has 0 saturated heterocycles. The summed E-state index contributed by atoms with van der Waals surface area (Å²) in [6.07, 6.45) is 6.77. The minimum Gasteiger partial charge on any atom is -0.311 e. The molecule has 2 aliphatic rings. The van der Waals surface area contributed by atoms with Crippen LogP contribution in [0.3, 0.4) is 0 Å². The van der Waals surface area contributed by atoms with Crippen molar-refractivity contribution in [2.75, 3.05) is 0 Å². The smallest absolute Gasteiger partial charge is 0.0408 e. The van der Waals surface area contributed by atoms with Crippen LogP contribution in [-0.2, 0) is 0 Å². The van der Waals surface area contributed by atoms with Crippen LogP contribution in [0.15, 0.2) is 24.3 Å². The number of rotatable bonds is 3. The first-order chi connectivity index (χ1) is 7.81. The topological polar surface area (TPSA) is 12.0 Å². The zero-order chi connectivity index (χ0) is 11.0. The molecule has 0 amide bonds. The Hall–Kier alpha value is -0.530. The van der Waals surface area contributed by atoms with Gasteiger partial charge in [-0.1, -0.05) is 30.2 Å². The first-order valence-corrected chi connectivity index (χ1v) is 6.70. The predicted octanol–water partition coefficient (Wildman–Crippen LogP) is 3.73. The zero-order valence-electron chi connectivity index (χ0n) is 9.45. The fourth-order valence-electron chi connectivity index (χ4n) is 2.69. The van der Waals surface area contributed by atoms with Crippen molar-refractivity contribution in [3.8, 4) is 0 Å². The number of hydrogen-bond donors (Lipinski definition) is 1. The highest BCUT2D eigenvalue weighted by Crippen LogP contribution is 2.38. The maximum Gasteiger partial charge on any atom is 0.0408 e. The SMILES string of the molecule is Clc1cccc(C2CC(NC3CCC3)C2)c1. The summed E-state index contributed by atoms with van der Waals surface area (Å²) in [5.74, 6) is 0.733. The van der Waals surface area contributed by atoms with E-state index in [0.717, 1.165) is 23.0 Å². The van der Waals surface area contributed by atoms with E-state index in [0.29, 0.717) is 0 Å². The molecule has 0 aliphatic heterocycles. The van der Waals surface area contributed by atoms with E-state index in [2.05, 4.69) is 23.5 Å². The standard InChI is InChI=1S/C14H18ClN/c15-12-4-1-3-10(7-12)11-8-14(9-11)16-13-5-2-6-13/h1,3-4,7,11,13-14,16H,2,5-6,8-9H2. The summed E-state index contributed by atoms with van der Waals surface area (Å²) >= 11 is 6.01. The van der Waals surface area contributed by atoms with Crippen LogP contribution >= 0.6 is 11.6 Å². The zero-order valence-corrected chi connectivity index (χ0v) is 10.2. The highest BCUT2D eigenvalue weighted by atomic mass is 35.5. The molecule has 3 rings (SSSR count). The molecule has 1 nitrogen and oxygen atoms in total. The third-order valence-corrected chi connectivity index (χ3v) is 4.27. The van der Waals surface area contributed by atoms with Gasteiger partial charge in [0.1, 0.15) is 0 Å². The Bertz CT molecular complexity index is 367. The Labute approximate surface area is 102 Å². The molecule has 1 aromatic rings. The summed E-state index contributed by atoms with van der Waals surface area (Å²) in [6.45, 7) is 0. The third-order valence-electron chi connectivity index (χ3n) is 4.03. The molecule has 86 valence electrons. The number of nitrogens with one attached hydrogen (secondary N) is 1. The highest BCUT2D eigenvalue weighted by molar-refractivity contribution is 6.30. The van der Waals surface area contributed by atoms with Gasteiger partial charge in [0.15, 0.2) is 0 Å². The van der Waals surface area contributed by atoms with Crippen LogP contribution in [0.5, 0.6) is 0 Å². The van der Waals surface area contributed by atoms with E-state index in [1.807, 2.05) is 6.07 Å². The van der Waals surface area contributed by atoms with Gasteiger partial charge in [-0.25, -0.2) is 0 Å². The molecule has 2 fully saturated rings. The summed E-state index contributed by atoms with van der Waals surface area (Å²) in [5, 5.41) is 4.60. The first kappa shape index (κ1) is 10.6. The molecule has 2 aliphatic carbocycles. The molecule has 0 atom stereocenters. The maximum atomic E-state index is 6.01. The Balaban J connectivity index is 1.52. The fraction of sp³-hybridized carbons (Fsp3) is 0.571. The van der Waals surface area contributed by atoms with E-state index >= 15 is 0 Å². The van der Waals surface area contributed by atoms with Crippen molar-refractivity contribution >= 4 is 11.6 Å². The summed E-state index contributed by atoms with van der Waals surface area (Å²) in [5.41, 5.74) is 1.42. The molecule has 0 radical (unpaired) electrons. The van der Waals surface area contributed by atoms with Crippen molar-refractivity contribution in [1.29, 1.82) is 0 Å². The van der Waals surface area contributed by atoms with Crippen molar-refractivity contribution in [3.63, 3.8) is 0 Å². The lowest BCUT2D eigenvalue weighted by Crippen LogP contribution is -2.48. The molecule has 0 aromatic heterocycles. The van der Waals surface area contributed by atoms with Crippen LogP contribution in [0.1, 0.15) is 43.6 Å². The molecule has 2 heteroatoms. The van der Waals surface area contributed by atoms with E-state index in [-0.39, 0.29) is 0 Å². The molecular weight excluding hydrogens is 218 g/mol. The molecule has 0 heterocycles. The van der Waals surface area contributed by atoms with Gasteiger partial charge in [-0.3, -0.25) is 0 Å². The number of benzene rings is 1. The first-order valence-electron chi connectivity index (χ1n) is 6.33. The lowest BCUT2D eigenvalue weighted by molar-refractivity contribution is 0.220. The molecule has 2 saturated carbocycles. The van der Waals surface area contributed by atoms with Gasteiger partial charge in [0, 0.05) is 17.1 Å². The minimum atomic E-state index is 0.733. The van der Waals surface area contributed by atoms with Crippen molar-refractivity contribution in [2.45, 2.75) is 50.1 Å². The van der Waals surface area contributed by atoms with Gasteiger partial charge in [-0.2, -0.15) is 0 Å². The van der Waals surface area contributed by atoms with E-state index in [1.165, 1.54) is 37.7 Å². The van der Waals surface area contributed by atoms with Crippen molar-refractivity contribution < 1.29 is 0 Å². The van der Waals surface area contributed by atoms with Gasteiger partial charge in [-0.15, -0.1) is 0 Å². The summed E-state index contributed by atoms with van der Waals surface area (Å²) < 4.78 is 0. The van der Waals surface area contributed by atoms with Gasteiger partial charge in [0.05, 0.1) is 0 Å². The Morgan fingerprint density at radius 1 is 1.12 bits per heavy atom. The molecule has 0 spiro atoms. The van der Waals surface area contributed by atoms with Gasteiger partial charge in [0.2, 0.25) is 0 Å². The van der Waals surface area contributed by atoms with Crippen LogP contribution in [0, 0.1) is 0 Å². The lowest BCUT2D eigenvalue weighted by atomic mass is 9.75. The van der Waals surface area contributed by atoms with Crippen LogP contribution in [0.25, 0.3) is 0 Å². The number of halogens is 1. The van der Waals surface area contributed by atoms with E-state index in [1.54, 1.807) is 0 Å². The molecule has 16 heavy (non-hydrogen) atoms. The number of hydrogen-bond acceptors (Lipinski definition) is 1. The van der Waals surface area contributed by atoms with Crippen LogP contribution in [-0.4, -0.2) is 12.1 Å². The highest BCUT2D eigenvalue weighted by Gasteiger charge is 2.32. The second-order valence-corrected chi connectivity index (χ2v) is 5.65. The van der Waals surface area contributed by atoms with Crippen LogP contribution in [0.2, 0.25) is 5.02 Å². The molecule has 1 aromatic carbocycles. The Morgan fingerprint density at radius 2 is 1.94 bits per heavy atom. The average molecular weight is 236 g/mol. The summed E-state index contributed by atoms with van der Waals surface area (Å²) in [7, 11) is 0. The monoisotopic (exact) mass is 235 g/mol. The second kappa shape index (κ2) is 4.38. The van der Waals surface area contributed by atoms with Gasteiger partial charge in [-0.05, 0) is 49.3 Å². The molecule has 0 bridgehead atoms. The fourth-order valence-corrected chi connectivity index (χ4v) is 2.89. The Morgan fingerprint density at radius 3 is 2.56 bits per heavy atom. The quantitative estimate of drug-likeness (QED) is 0.842. The van der Waals surface area contributed by atoms with E-state index in [9.17, 15) is 0 Å². The summed E-state index contributed by atoms with van der Waals surface area (Å²) in [6, 6.07) is 9.92. The van der Waals surface area contributed by atoms with Crippen LogP contribution in [0.4, 0.5) is 0 Å². The van der Waals surface area contributed by atoms with Gasteiger partial charge >= 0.3 is 0 Å². The van der Waals surface area contributed by atoms with Crippen LogP contribution < -0.4 is 5.32 Å². The third kappa shape index (κ3) is 2.11. The van der Waals surface area contributed by atoms with Crippen molar-refractivity contribution in [2.24, 2.45) is 0 Å². The van der Waals surface area contributed by atoms with Crippen molar-refractivity contribution in [1.82, 2.24) is 5.32 Å². The molecule has 0 unspecified atom stereocenters. The van der Waals surface area contributed by atoms with Gasteiger partial charge in [0.25, 0.3) is 0 Å². The molecular formula is C14H18ClN. The Kier molecular flexibility index (Phi) is 2.91. The lowest BCUT2D eigenvalue weighted by Gasteiger charge is -2.41. The van der Waals surface area contributed by atoms with E-state index in [4.69, 9.17) is 11.6 Å². The normalized spacial score (nSPS) is 29.6. The minimum absolute atomic E-state index is 0.733. The predicted molar refractivity (Wildman–Crippen MR) is 68.0 cm³/mol.